The van der Waals surface area contributed by atoms with Crippen LogP contribution < -0.4 is 10.1 Å². The molecule has 0 unspecified atom stereocenters. The molecule has 0 aliphatic carbocycles. The molecule has 3 rings (SSSR count). The highest BCUT2D eigenvalue weighted by Crippen LogP contribution is 2.34. The van der Waals surface area contributed by atoms with Crippen LogP contribution in [0.4, 0.5) is 18.9 Å². The van der Waals surface area contributed by atoms with Crippen molar-refractivity contribution < 1.29 is 22.7 Å². The monoisotopic (exact) mass is 566 g/mol. The first kappa shape index (κ1) is 27.4. The maximum atomic E-state index is 12.9. The highest BCUT2D eigenvalue weighted by molar-refractivity contribution is 7.99. The molecule has 13 heteroatoms. The van der Waals surface area contributed by atoms with E-state index in [0.29, 0.717) is 46.9 Å². The summed E-state index contributed by atoms with van der Waals surface area (Å²) in [6, 6.07) is 7.75. The van der Waals surface area contributed by atoms with Crippen molar-refractivity contribution in [2.75, 3.05) is 17.7 Å². The minimum atomic E-state index is -4.54. The van der Waals surface area contributed by atoms with Crippen molar-refractivity contribution in [3.05, 3.63) is 62.9 Å². The summed E-state index contributed by atoms with van der Waals surface area (Å²) in [5.41, 5.74) is -1.01. The van der Waals surface area contributed by atoms with Gasteiger partial charge in [-0.05, 0) is 49.7 Å². The van der Waals surface area contributed by atoms with E-state index in [4.69, 9.17) is 39.5 Å². The molecule has 0 aliphatic heterocycles. The molecule has 35 heavy (non-hydrogen) atoms. The summed E-state index contributed by atoms with van der Waals surface area (Å²) in [6.45, 7) is 2.90. The molecule has 0 spiro atoms. The van der Waals surface area contributed by atoms with E-state index in [9.17, 15) is 18.0 Å². The fourth-order valence-electron chi connectivity index (χ4n) is 3.05. The van der Waals surface area contributed by atoms with Crippen LogP contribution in [0.15, 0.2) is 41.6 Å². The van der Waals surface area contributed by atoms with Crippen molar-refractivity contribution in [1.82, 2.24) is 14.8 Å². The van der Waals surface area contributed by atoms with Gasteiger partial charge >= 0.3 is 6.18 Å². The second-order valence-corrected chi connectivity index (χ2v) is 9.39. The lowest BCUT2D eigenvalue weighted by atomic mass is 10.2. The van der Waals surface area contributed by atoms with Crippen LogP contribution in [0.2, 0.25) is 15.1 Å². The number of hydrogen-bond donors (Lipinski definition) is 1. The Kier molecular flexibility index (Phi) is 9.57. The first-order valence-electron chi connectivity index (χ1n) is 10.4. The number of carbonyl (C=O) groups excluding carboxylic acids is 1. The Balaban J connectivity index is 1.53. The van der Waals surface area contributed by atoms with Crippen molar-refractivity contribution in [3.63, 3.8) is 0 Å². The Morgan fingerprint density at radius 2 is 1.89 bits per heavy atom. The van der Waals surface area contributed by atoms with E-state index in [1.807, 2.05) is 11.5 Å². The van der Waals surface area contributed by atoms with Crippen molar-refractivity contribution in [2.45, 2.75) is 37.6 Å². The normalized spacial score (nSPS) is 11.5. The van der Waals surface area contributed by atoms with Gasteiger partial charge in [0.2, 0.25) is 5.91 Å². The van der Waals surface area contributed by atoms with Crippen LogP contribution in [0.25, 0.3) is 0 Å². The van der Waals surface area contributed by atoms with E-state index in [1.165, 1.54) is 0 Å². The molecule has 0 saturated heterocycles. The van der Waals surface area contributed by atoms with E-state index in [1.54, 1.807) is 18.2 Å². The third-order valence-corrected chi connectivity index (χ3v) is 6.53. The van der Waals surface area contributed by atoms with Crippen molar-refractivity contribution >= 4 is 58.2 Å². The number of nitrogens with zero attached hydrogens (tertiary/aromatic N) is 3. The zero-order chi connectivity index (χ0) is 25.6. The number of hydrogen-bond acceptors (Lipinski definition) is 5. The summed E-state index contributed by atoms with van der Waals surface area (Å²) in [7, 11) is 0. The van der Waals surface area contributed by atoms with Gasteiger partial charge in [0.25, 0.3) is 0 Å². The van der Waals surface area contributed by atoms with Crippen molar-refractivity contribution in [2.24, 2.45) is 0 Å². The fraction of sp³-hybridized carbons (Fsp3) is 0.318. The molecule has 0 radical (unpaired) electrons. The number of ether oxygens (including phenoxy) is 1. The van der Waals surface area contributed by atoms with E-state index >= 15 is 0 Å². The fourth-order valence-corrected chi connectivity index (χ4v) is 4.50. The number of alkyl halides is 3. The van der Waals surface area contributed by atoms with Crippen LogP contribution >= 0.6 is 46.6 Å². The molecule has 2 aromatic carbocycles. The van der Waals surface area contributed by atoms with Crippen LogP contribution in [0.5, 0.6) is 5.75 Å². The largest absolute Gasteiger partial charge is 0.492 e. The van der Waals surface area contributed by atoms with Gasteiger partial charge in [-0.3, -0.25) is 4.79 Å². The summed E-state index contributed by atoms with van der Waals surface area (Å²) in [4.78, 5) is 12.3. The first-order chi connectivity index (χ1) is 16.6. The van der Waals surface area contributed by atoms with E-state index in [0.717, 1.165) is 35.8 Å². The molecule has 1 amide bonds. The lowest BCUT2D eigenvalue weighted by Crippen LogP contribution is -2.16. The van der Waals surface area contributed by atoms with Crippen LogP contribution in [-0.4, -0.2) is 33.0 Å². The molecular weight excluding hydrogens is 548 g/mol. The zero-order valence-corrected chi connectivity index (χ0v) is 21.4. The molecule has 0 saturated carbocycles. The number of aryl methyl sites for hydroxylation is 1. The molecule has 0 atom stereocenters. The van der Waals surface area contributed by atoms with E-state index < -0.39 is 17.6 Å². The van der Waals surface area contributed by atoms with Crippen molar-refractivity contribution in [3.8, 4) is 5.75 Å². The van der Waals surface area contributed by atoms with Crippen LogP contribution in [0.1, 0.15) is 24.7 Å². The third-order valence-electron chi connectivity index (χ3n) is 4.71. The topological polar surface area (TPSA) is 69.0 Å². The molecule has 6 nitrogen and oxygen atoms in total. The average molecular weight is 568 g/mol. The molecule has 0 fully saturated rings. The van der Waals surface area contributed by atoms with Gasteiger partial charge < -0.3 is 14.6 Å². The summed E-state index contributed by atoms with van der Waals surface area (Å²) in [5, 5.41) is 12.2. The smallest absolute Gasteiger partial charge is 0.416 e. The SMILES string of the molecule is CCn1c(CCCOc2ccc(Cl)cc2Cl)nnc1SCC(=O)Nc1cc(C(F)(F)F)ccc1Cl. The number of benzene rings is 2. The number of thioether (sulfide) groups is 1. The van der Waals surface area contributed by atoms with Crippen molar-refractivity contribution in [1.29, 1.82) is 0 Å². The van der Waals surface area contributed by atoms with Gasteiger partial charge in [-0.25, -0.2) is 0 Å². The number of rotatable bonds is 10. The summed E-state index contributed by atoms with van der Waals surface area (Å²) >= 11 is 19.0. The molecule has 0 aliphatic rings. The number of nitrogens with one attached hydrogen (secondary N) is 1. The second-order valence-electron chi connectivity index (χ2n) is 7.20. The van der Waals surface area contributed by atoms with Gasteiger partial charge in [-0.1, -0.05) is 46.6 Å². The maximum Gasteiger partial charge on any atom is 0.416 e. The minimum Gasteiger partial charge on any atom is -0.492 e. The van der Waals surface area contributed by atoms with E-state index in [-0.39, 0.29) is 16.5 Å². The Hall–Kier alpha value is -2.14. The average Bonchev–Trinajstić information content (AvgIpc) is 3.19. The lowest BCUT2D eigenvalue weighted by Gasteiger charge is -2.12. The number of halogens is 6. The minimum absolute atomic E-state index is 0.0115. The van der Waals surface area contributed by atoms with Crippen LogP contribution in [0, 0.1) is 0 Å². The molecule has 188 valence electrons. The quantitative estimate of drug-likeness (QED) is 0.211. The Morgan fingerprint density at radius 3 is 2.57 bits per heavy atom. The number of carbonyl (C=O) groups is 1. The highest BCUT2D eigenvalue weighted by atomic mass is 35.5. The Morgan fingerprint density at radius 1 is 1.11 bits per heavy atom. The highest BCUT2D eigenvalue weighted by Gasteiger charge is 2.31. The van der Waals surface area contributed by atoms with Gasteiger partial charge in [-0.2, -0.15) is 13.2 Å². The van der Waals surface area contributed by atoms with Gasteiger partial charge in [0.1, 0.15) is 11.6 Å². The maximum absolute atomic E-state index is 12.9. The third kappa shape index (κ3) is 7.67. The van der Waals surface area contributed by atoms with E-state index in [2.05, 4.69) is 15.5 Å². The van der Waals surface area contributed by atoms with Gasteiger partial charge in [0.15, 0.2) is 5.16 Å². The Bertz CT molecular complexity index is 1190. The van der Waals surface area contributed by atoms with Gasteiger partial charge in [-0.15, -0.1) is 10.2 Å². The summed E-state index contributed by atoms with van der Waals surface area (Å²) in [6.07, 6.45) is -3.31. The summed E-state index contributed by atoms with van der Waals surface area (Å²) < 4.78 is 46.3. The standard InChI is InChI=1S/C22H20Cl3F3N4O2S/c1-2-32-19(4-3-9-34-18-8-6-14(23)11-16(18)25)30-31-21(32)35-12-20(33)29-17-10-13(22(26,27)28)5-7-15(17)24/h5-8,10-11H,2-4,9,12H2,1H3,(H,29,33). The molecular formula is C22H20Cl3F3N4O2S. The number of anilines is 1. The zero-order valence-electron chi connectivity index (χ0n) is 18.3. The van der Waals surface area contributed by atoms with Gasteiger partial charge in [0, 0.05) is 18.0 Å². The van der Waals surface area contributed by atoms with Gasteiger partial charge in [0.05, 0.1) is 33.7 Å². The first-order valence-corrected chi connectivity index (χ1v) is 12.5. The number of amides is 1. The molecule has 3 aromatic rings. The lowest BCUT2D eigenvalue weighted by molar-refractivity contribution is -0.137. The van der Waals surface area contributed by atoms with Crippen LogP contribution in [-0.2, 0) is 23.9 Å². The molecule has 0 bridgehead atoms. The predicted octanol–water partition coefficient (Wildman–Crippen LogP) is 7.02. The molecule has 1 heterocycles. The predicted molar refractivity (Wildman–Crippen MR) is 132 cm³/mol. The Labute approximate surface area is 219 Å². The number of aromatic nitrogens is 3. The second kappa shape index (κ2) is 12.2. The molecule has 1 aromatic heterocycles. The summed E-state index contributed by atoms with van der Waals surface area (Å²) in [5.74, 6) is 0.665. The van der Waals surface area contributed by atoms with Crippen LogP contribution in [0.3, 0.4) is 0 Å². The molecule has 1 N–H and O–H groups in total.